The molecule has 1 aliphatic rings. The fraction of sp³-hybridized carbons (Fsp3) is 0.562. The van der Waals surface area contributed by atoms with Gasteiger partial charge in [-0.05, 0) is 25.5 Å². The zero-order valence-electron chi connectivity index (χ0n) is 13.1. The summed E-state index contributed by atoms with van der Waals surface area (Å²) in [6.07, 6.45) is 5.67. The van der Waals surface area contributed by atoms with Crippen LogP contribution in [0, 0.1) is 0 Å². The van der Waals surface area contributed by atoms with Gasteiger partial charge in [0.15, 0.2) is 0 Å². The molecule has 2 aromatic rings. The number of hydrogen-bond acceptors (Lipinski definition) is 5. The van der Waals surface area contributed by atoms with Crippen LogP contribution in [0.2, 0.25) is 0 Å². The molecule has 2 aromatic heterocycles. The van der Waals surface area contributed by atoms with Gasteiger partial charge < -0.3 is 4.42 Å². The normalized spacial score (nSPS) is 19.1. The molecular weight excluding hydrogens is 280 g/mol. The van der Waals surface area contributed by atoms with Crippen molar-refractivity contribution in [3.05, 3.63) is 46.5 Å². The van der Waals surface area contributed by atoms with E-state index in [0.29, 0.717) is 25.0 Å². The van der Waals surface area contributed by atoms with Crippen LogP contribution in [-0.2, 0) is 13.1 Å². The van der Waals surface area contributed by atoms with Crippen LogP contribution in [0.5, 0.6) is 0 Å². The average Bonchev–Trinajstić information content (AvgIpc) is 3.12. The highest BCUT2D eigenvalue weighted by atomic mass is 16.4. The zero-order valence-corrected chi connectivity index (χ0v) is 13.1. The standard InChI is InChI=1S/C16H22N4O2/c1-12(2)14-9-17-15(22-14)11-19-8-4-5-13(19)10-20-16(21)6-3-7-18-20/h3,6-7,9,12-13H,4-5,8,10-11H2,1-2H3. The van der Waals surface area contributed by atoms with Gasteiger partial charge in [-0.25, -0.2) is 9.67 Å². The number of hydrogen-bond donors (Lipinski definition) is 0. The van der Waals surface area contributed by atoms with E-state index in [0.717, 1.165) is 31.0 Å². The minimum Gasteiger partial charge on any atom is -0.444 e. The summed E-state index contributed by atoms with van der Waals surface area (Å²) in [4.78, 5) is 18.5. The lowest BCUT2D eigenvalue weighted by Crippen LogP contribution is -2.36. The minimum atomic E-state index is -0.0485. The third-order valence-corrected chi connectivity index (χ3v) is 4.15. The Morgan fingerprint density at radius 1 is 1.45 bits per heavy atom. The first kappa shape index (κ1) is 15.0. The lowest BCUT2D eigenvalue weighted by atomic mass is 10.2. The topological polar surface area (TPSA) is 64.2 Å². The van der Waals surface area contributed by atoms with Crippen LogP contribution in [-0.4, -0.2) is 32.3 Å². The van der Waals surface area contributed by atoms with Crippen molar-refractivity contribution < 1.29 is 4.42 Å². The highest BCUT2D eigenvalue weighted by Crippen LogP contribution is 2.22. The molecule has 6 nitrogen and oxygen atoms in total. The molecular formula is C16H22N4O2. The van der Waals surface area contributed by atoms with Crippen LogP contribution in [0.4, 0.5) is 0 Å². The van der Waals surface area contributed by atoms with E-state index in [9.17, 15) is 4.79 Å². The summed E-state index contributed by atoms with van der Waals surface area (Å²) in [6, 6.07) is 3.53. The monoisotopic (exact) mass is 302 g/mol. The second-order valence-corrected chi connectivity index (χ2v) is 6.12. The lowest BCUT2D eigenvalue weighted by molar-refractivity contribution is 0.196. The molecule has 6 heteroatoms. The maximum atomic E-state index is 11.8. The van der Waals surface area contributed by atoms with Crippen molar-refractivity contribution in [2.45, 2.75) is 51.7 Å². The van der Waals surface area contributed by atoms with Crippen molar-refractivity contribution in [3.63, 3.8) is 0 Å². The van der Waals surface area contributed by atoms with Gasteiger partial charge in [0.05, 0.1) is 19.3 Å². The van der Waals surface area contributed by atoms with Crippen molar-refractivity contribution in [1.29, 1.82) is 0 Å². The Bertz CT molecular complexity index is 677. The molecule has 0 saturated carbocycles. The summed E-state index contributed by atoms with van der Waals surface area (Å²) >= 11 is 0. The summed E-state index contributed by atoms with van der Waals surface area (Å²) in [6.45, 7) is 6.51. The molecule has 0 amide bonds. The van der Waals surface area contributed by atoms with Gasteiger partial charge in [-0.2, -0.15) is 5.10 Å². The van der Waals surface area contributed by atoms with Gasteiger partial charge in [-0.3, -0.25) is 9.69 Å². The highest BCUT2D eigenvalue weighted by molar-refractivity contribution is 4.99. The van der Waals surface area contributed by atoms with Crippen LogP contribution in [0.25, 0.3) is 0 Å². The minimum absolute atomic E-state index is 0.0485. The Hall–Kier alpha value is -1.95. The van der Waals surface area contributed by atoms with Gasteiger partial charge >= 0.3 is 0 Å². The molecule has 1 saturated heterocycles. The van der Waals surface area contributed by atoms with Crippen molar-refractivity contribution in [1.82, 2.24) is 19.7 Å². The Morgan fingerprint density at radius 3 is 3.05 bits per heavy atom. The fourth-order valence-electron chi connectivity index (χ4n) is 2.87. The van der Waals surface area contributed by atoms with E-state index >= 15 is 0 Å². The molecule has 0 bridgehead atoms. The summed E-state index contributed by atoms with van der Waals surface area (Å²) in [5, 5.41) is 4.15. The summed E-state index contributed by atoms with van der Waals surface area (Å²) in [5.74, 6) is 2.03. The maximum absolute atomic E-state index is 11.8. The molecule has 0 aromatic carbocycles. The molecule has 3 rings (SSSR count). The molecule has 0 radical (unpaired) electrons. The number of aromatic nitrogens is 3. The molecule has 22 heavy (non-hydrogen) atoms. The first-order chi connectivity index (χ1) is 10.6. The molecule has 0 spiro atoms. The second-order valence-electron chi connectivity index (χ2n) is 6.12. The first-order valence-corrected chi connectivity index (χ1v) is 7.84. The maximum Gasteiger partial charge on any atom is 0.266 e. The number of oxazole rings is 1. The molecule has 0 aliphatic carbocycles. The summed E-state index contributed by atoms with van der Waals surface area (Å²) in [7, 11) is 0. The third kappa shape index (κ3) is 3.27. The molecule has 3 heterocycles. The first-order valence-electron chi connectivity index (χ1n) is 7.84. The van der Waals surface area contributed by atoms with Gasteiger partial charge in [0, 0.05) is 24.2 Å². The smallest absolute Gasteiger partial charge is 0.266 e. The molecule has 118 valence electrons. The SMILES string of the molecule is CC(C)c1cnc(CN2CCCC2Cn2ncccc2=O)o1. The van der Waals surface area contributed by atoms with Crippen LogP contribution >= 0.6 is 0 Å². The number of nitrogens with zero attached hydrogens (tertiary/aromatic N) is 4. The van der Waals surface area contributed by atoms with Crippen LogP contribution in [0.3, 0.4) is 0 Å². The van der Waals surface area contributed by atoms with E-state index in [4.69, 9.17) is 4.42 Å². The van der Waals surface area contributed by atoms with E-state index in [1.54, 1.807) is 18.3 Å². The van der Waals surface area contributed by atoms with E-state index < -0.39 is 0 Å². The summed E-state index contributed by atoms with van der Waals surface area (Å²) in [5.41, 5.74) is -0.0485. The van der Waals surface area contributed by atoms with E-state index in [2.05, 4.69) is 28.8 Å². The summed E-state index contributed by atoms with van der Waals surface area (Å²) < 4.78 is 7.33. The molecule has 1 fully saturated rings. The molecule has 1 aliphatic heterocycles. The Kier molecular flexibility index (Phi) is 4.38. The van der Waals surface area contributed by atoms with E-state index in [-0.39, 0.29) is 5.56 Å². The van der Waals surface area contributed by atoms with Crippen LogP contribution in [0.1, 0.15) is 44.3 Å². The Morgan fingerprint density at radius 2 is 2.32 bits per heavy atom. The third-order valence-electron chi connectivity index (χ3n) is 4.15. The number of rotatable bonds is 5. The van der Waals surface area contributed by atoms with Crippen molar-refractivity contribution in [2.75, 3.05) is 6.54 Å². The van der Waals surface area contributed by atoms with Crippen molar-refractivity contribution >= 4 is 0 Å². The molecule has 1 atom stereocenters. The van der Waals surface area contributed by atoms with Crippen LogP contribution in [0.15, 0.2) is 33.7 Å². The average molecular weight is 302 g/mol. The van der Waals surface area contributed by atoms with Gasteiger partial charge in [0.25, 0.3) is 5.56 Å². The molecule has 0 N–H and O–H groups in total. The van der Waals surface area contributed by atoms with Gasteiger partial charge in [0.2, 0.25) is 5.89 Å². The predicted octanol–water partition coefficient (Wildman–Crippen LogP) is 2.02. The zero-order chi connectivity index (χ0) is 15.5. The quantitative estimate of drug-likeness (QED) is 0.845. The van der Waals surface area contributed by atoms with Crippen molar-refractivity contribution in [3.8, 4) is 0 Å². The van der Waals surface area contributed by atoms with Crippen LogP contribution < -0.4 is 5.56 Å². The Balaban J connectivity index is 1.68. The van der Waals surface area contributed by atoms with E-state index in [1.165, 1.54) is 4.68 Å². The number of likely N-dealkylation sites (tertiary alicyclic amines) is 1. The van der Waals surface area contributed by atoms with Gasteiger partial charge in [-0.1, -0.05) is 13.8 Å². The van der Waals surface area contributed by atoms with Crippen molar-refractivity contribution in [2.24, 2.45) is 0 Å². The largest absolute Gasteiger partial charge is 0.444 e. The fourth-order valence-corrected chi connectivity index (χ4v) is 2.87. The second kappa shape index (κ2) is 6.44. The van der Waals surface area contributed by atoms with Gasteiger partial charge in [-0.15, -0.1) is 0 Å². The highest BCUT2D eigenvalue weighted by Gasteiger charge is 2.26. The Labute approximate surface area is 129 Å². The van der Waals surface area contributed by atoms with Gasteiger partial charge in [0.1, 0.15) is 5.76 Å². The lowest BCUT2D eigenvalue weighted by Gasteiger charge is -2.23. The predicted molar refractivity (Wildman–Crippen MR) is 82.5 cm³/mol. The molecule has 1 unspecified atom stereocenters. The van der Waals surface area contributed by atoms with E-state index in [1.807, 2.05) is 6.20 Å².